The van der Waals surface area contributed by atoms with Crippen LogP contribution in [-0.2, 0) is 9.53 Å². The SMILES string of the molecule is CC(CCC(C(=O)OC(C)C)C(C)CC(C)(C)C)CC(C)(C)C. The molecule has 3 unspecified atom stereocenters. The van der Waals surface area contributed by atoms with Gasteiger partial charge < -0.3 is 4.74 Å². The van der Waals surface area contributed by atoms with Gasteiger partial charge in [0.05, 0.1) is 12.0 Å². The van der Waals surface area contributed by atoms with Gasteiger partial charge in [0.25, 0.3) is 0 Å². The molecule has 0 radical (unpaired) electrons. The molecule has 0 aromatic heterocycles. The first kappa shape index (κ1) is 22.5. The first-order chi connectivity index (χ1) is 10.2. The summed E-state index contributed by atoms with van der Waals surface area (Å²) in [5.74, 6) is 1.04. The minimum absolute atomic E-state index is 0.000270. The van der Waals surface area contributed by atoms with E-state index in [-0.39, 0.29) is 23.4 Å². The van der Waals surface area contributed by atoms with E-state index in [1.54, 1.807) is 0 Å². The molecule has 0 aliphatic carbocycles. The highest BCUT2D eigenvalue weighted by molar-refractivity contribution is 5.72. The van der Waals surface area contributed by atoms with E-state index in [1.807, 2.05) is 13.8 Å². The standard InChI is InChI=1S/C21H42O2/c1-15(2)23-19(22)18(17(4)14-21(8,9)10)12-11-16(3)13-20(5,6)7/h15-18H,11-14H2,1-10H3. The Labute approximate surface area is 145 Å². The van der Waals surface area contributed by atoms with E-state index in [9.17, 15) is 4.79 Å². The van der Waals surface area contributed by atoms with Crippen LogP contribution in [0, 0.1) is 28.6 Å². The number of ether oxygens (including phenoxy) is 1. The van der Waals surface area contributed by atoms with Crippen LogP contribution >= 0.6 is 0 Å². The number of rotatable bonds is 8. The molecule has 0 aromatic rings. The third-order valence-corrected chi connectivity index (χ3v) is 4.21. The number of hydrogen-bond donors (Lipinski definition) is 0. The van der Waals surface area contributed by atoms with Gasteiger partial charge in [0, 0.05) is 0 Å². The van der Waals surface area contributed by atoms with Crippen LogP contribution in [0.5, 0.6) is 0 Å². The fraction of sp³-hybridized carbons (Fsp3) is 0.952. The molecule has 3 atom stereocenters. The second-order valence-corrected chi connectivity index (χ2v) is 10.3. The predicted molar refractivity (Wildman–Crippen MR) is 100 cm³/mol. The molecule has 0 aliphatic heterocycles. The van der Waals surface area contributed by atoms with E-state index in [2.05, 4.69) is 55.4 Å². The van der Waals surface area contributed by atoms with Crippen molar-refractivity contribution in [3.63, 3.8) is 0 Å². The van der Waals surface area contributed by atoms with E-state index in [4.69, 9.17) is 4.74 Å². The van der Waals surface area contributed by atoms with Crippen molar-refractivity contribution in [2.75, 3.05) is 0 Å². The lowest BCUT2D eigenvalue weighted by Gasteiger charge is -2.30. The van der Waals surface area contributed by atoms with Gasteiger partial charge in [-0.25, -0.2) is 0 Å². The Balaban J connectivity index is 4.82. The van der Waals surface area contributed by atoms with Gasteiger partial charge in [-0.15, -0.1) is 0 Å². The third-order valence-electron chi connectivity index (χ3n) is 4.21. The van der Waals surface area contributed by atoms with Crippen LogP contribution in [0.3, 0.4) is 0 Å². The molecule has 0 heterocycles. The number of carbonyl (C=O) groups excluding carboxylic acids is 1. The van der Waals surface area contributed by atoms with E-state index in [0.29, 0.717) is 17.3 Å². The molecule has 0 saturated carbocycles. The number of esters is 1. The van der Waals surface area contributed by atoms with Crippen LogP contribution in [-0.4, -0.2) is 12.1 Å². The maximum atomic E-state index is 12.6. The van der Waals surface area contributed by atoms with E-state index in [0.717, 1.165) is 19.3 Å². The van der Waals surface area contributed by atoms with Crippen LogP contribution in [0.15, 0.2) is 0 Å². The minimum Gasteiger partial charge on any atom is -0.463 e. The van der Waals surface area contributed by atoms with Crippen LogP contribution in [0.25, 0.3) is 0 Å². The molecule has 0 aliphatic rings. The van der Waals surface area contributed by atoms with Gasteiger partial charge in [-0.05, 0) is 62.2 Å². The molecule has 138 valence electrons. The van der Waals surface area contributed by atoms with Crippen molar-refractivity contribution in [1.82, 2.24) is 0 Å². The van der Waals surface area contributed by atoms with Crippen molar-refractivity contribution in [3.05, 3.63) is 0 Å². The third kappa shape index (κ3) is 11.6. The zero-order valence-corrected chi connectivity index (χ0v) is 17.5. The summed E-state index contributed by atoms with van der Waals surface area (Å²) in [7, 11) is 0. The normalized spacial score (nSPS) is 17.0. The quantitative estimate of drug-likeness (QED) is 0.477. The van der Waals surface area contributed by atoms with Crippen molar-refractivity contribution in [3.8, 4) is 0 Å². The van der Waals surface area contributed by atoms with E-state index < -0.39 is 0 Å². The highest BCUT2D eigenvalue weighted by atomic mass is 16.5. The maximum absolute atomic E-state index is 12.6. The van der Waals surface area contributed by atoms with Gasteiger partial charge in [0.2, 0.25) is 0 Å². The number of hydrogen-bond acceptors (Lipinski definition) is 2. The van der Waals surface area contributed by atoms with Crippen molar-refractivity contribution in [2.45, 2.75) is 101 Å². The zero-order valence-electron chi connectivity index (χ0n) is 17.5. The average molecular weight is 327 g/mol. The van der Waals surface area contributed by atoms with E-state index in [1.165, 1.54) is 6.42 Å². The van der Waals surface area contributed by atoms with Gasteiger partial charge in [0.1, 0.15) is 0 Å². The summed E-state index contributed by atoms with van der Waals surface area (Å²) in [5, 5.41) is 0. The second-order valence-electron chi connectivity index (χ2n) is 10.3. The van der Waals surface area contributed by atoms with Gasteiger partial charge in [-0.1, -0.05) is 55.4 Å². The van der Waals surface area contributed by atoms with Gasteiger partial charge in [-0.2, -0.15) is 0 Å². The molecule has 23 heavy (non-hydrogen) atoms. The molecule has 0 fully saturated rings. The molecule has 0 bridgehead atoms. The smallest absolute Gasteiger partial charge is 0.309 e. The summed E-state index contributed by atoms with van der Waals surface area (Å²) in [6, 6.07) is 0. The molecule has 0 spiro atoms. The Kier molecular flexibility index (Phi) is 8.87. The lowest BCUT2D eigenvalue weighted by molar-refractivity contribution is -0.155. The van der Waals surface area contributed by atoms with Crippen LogP contribution < -0.4 is 0 Å². The maximum Gasteiger partial charge on any atom is 0.309 e. The molecule has 2 heteroatoms. The van der Waals surface area contributed by atoms with Crippen molar-refractivity contribution < 1.29 is 9.53 Å². The second kappa shape index (κ2) is 9.08. The van der Waals surface area contributed by atoms with Crippen LogP contribution in [0.2, 0.25) is 0 Å². The van der Waals surface area contributed by atoms with Crippen LogP contribution in [0.4, 0.5) is 0 Å². The molecule has 0 saturated heterocycles. The summed E-state index contributed by atoms with van der Waals surface area (Å²) < 4.78 is 5.54. The predicted octanol–water partition coefficient (Wildman–Crippen LogP) is 6.48. The lowest BCUT2D eigenvalue weighted by atomic mass is 9.76. The van der Waals surface area contributed by atoms with Crippen molar-refractivity contribution in [1.29, 1.82) is 0 Å². The summed E-state index contributed by atoms with van der Waals surface area (Å²) >= 11 is 0. The molecule has 0 rings (SSSR count). The molecule has 0 N–H and O–H groups in total. The van der Waals surface area contributed by atoms with Crippen molar-refractivity contribution >= 4 is 5.97 Å². The largest absolute Gasteiger partial charge is 0.463 e. The molecule has 0 amide bonds. The number of carbonyl (C=O) groups is 1. The Morgan fingerprint density at radius 2 is 1.30 bits per heavy atom. The highest BCUT2D eigenvalue weighted by Gasteiger charge is 2.30. The highest BCUT2D eigenvalue weighted by Crippen LogP contribution is 2.34. The first-order valence-electron chi connectivity index (χ1n) is 9.42. The topological polar surface area (TPSA) is 26.3 Å². The Hall–Kier alpha value is -0.530. The van der Waals surface area contributed by atoms with Gasteiger partial charge in [-0.3, -0.25) is 4.79 Å². The Morgan fingerprint density at radius 3 is 1.70 bits per heavy atom. The Morgan fingerprint density at radius 1 is 0.826 bits per heavy atom. The van der Waals surface area contributed by atoms with Crippen LogP contribution in [0.1, 0.15) is 94.9 Å². The molecular formula is C21H42O2. The Bertz CT molecular complexity index is 344. The fourth-order valence-electron chi connectivity index (χ4n) is 3.67. The van der Waals surface area contributed by atoms with Crippen molar-refractivity contribution in [2.24, 2.45) is 28.6 Å². The minimum atomic E-state index is -0.0289. The summed E-state index contributed by atoms with van der Waals surface area (Å²) in [6.45, 7) is 22.0. The molecule has 0 aromatic carbocycles. The molecule has 2 nitrogen and oxygen atoms in total. The zero-order chi connectivity index (χ0) is 18.4. The average Bonchev–Trinajstić information content (AvgIpc) is 2.22. The van der Waals surface area contributed by atoms with Gasteiger partial charge in [0.15, 0.2) is 0 Å². The lowest BCUT2D eigenvalue weighted by Crippen LogP contribution is -2.29. The van der Waals surface area contributed by atoms with E-state index >= 15 is 0 Å². The summed E-state index contributed by atoms with van der Waals surface area (Å²) in [5.41, 5.74) is 0.594. The summed E-state index contributed by atoms with van der Waals surface area (Å²) in [6.07, 6.45) is 4.27. The summed E-state index contributed by atoms with van der Waals surface area (Å²) in [4.78, 5) is 12.6. The van der Waals surface area contributed by atoms with Gasteiger partial charge >= 0.3 is 5.97 Å². The first-order valence-corrected chi connectivity index (χ1v) is 9.42. The monoisotopic (exact) mass is 326 g/mol. The fourth-order valence-corrected chi connectivity index (χ4v) is 3.67. The molecular weight excluding hydrogens is 284 g/mol.